The van der Waals surface area contributed by atoms with E-state index in [1.54, 1.807) is 4.90 Å². The molecule has 2 aliphatic heterocycles. The first-order valence-electron chi connectivity index (χ1n) is 8.26. The minimum Gasteiger partial charge on any atom is -0.342 e. The molecule has 0 bridgehead atoms. The Kier molecular flexibility index (Phi) is 4.54. The van der Waals surface area contributed by atoms with E-state index in [9.17, 15) is 13.2 Å². The number of carbonyl (C=O) groups excluding carboxylic acids is 1. The van der Waals surface area contributed by atoms with E-state index in [2.05, 4.69) is 5.32 Å². The fourth-order valence-electron chi connectivity index (χ4n) is 4.10. The Morgan fingerprint density at radius 1 is 1.00 bits per heavy atom. The number of amides is 1. The molecule has 1 saturated carbocycles. The molecule has 0 spiro atoms. The summed E-state index contributed by atoms with van der Waals surface area (Å²) >= 11 is 0. The van der Waals surface area contributed by atoms with Crippen molar-refractivity contribution in [2.75, 3.05) is 31.9 Å². The molecule has 0 aromatic carbocycles. The Bertz CT molecular complexity index is 471. The Morgan fingerprint density at radius 3 is 2.14 bits per heavy atom. The second-order valence-electron chi connectivity index (χ2n) is 6.85. The lowest BCUT2D eigenvalue weighted by atomic mass is 9.92. The molecule has 3 rings (SSSR count). The summed E-state index contributed by atoms with van der Waals surface area (Å²) in [7, 11) is -3.24. The molecule has 120 valence electrons. The highest BCUT2D eigenvalue weighted by Gasteiger charge is 2.35. The van der Waals surface area contributed by atoms with Gasteiger partial charge in [-0.2, -0.15) is 0 Å². The van der Waals surface area contributed by atoms with Crippen molar-refractivity contribution in [1.29, 1.82) is 0 Å². The number of fused-ring (bicyclic) bond motifs is 1. The SMILES string of the molecule is O=C(CS(=O)(=O)C1CCCC1)N1CC[C@@H]2CNC[C@@H]2CC1. The minimum absolute atomic E-state index is 0.171. The van der Waals surface area contributed by atoms with Gasteiger partial charge in [0.2, 0.25) is 5.91 Å². The smallest absolute Gasteiger partial charge is 0.237 e. The van der Waals surface area contributed by atoms with Crippen LogP contribution in [0.2, 0.25) is 0 Å². The largest absolute Gasteiger partial charge is 0.342 e. The van der Waals surface area contributed by atoms with Crippen LogP contribution in [0.5, 0.6) is 0 Å². The van der Waals surface area contributed by atoms with Crippen LogP contribution in [-0.2, 0) is 14.6 Å². The van der Waals surface area contributed by atoms with Crippen LogP contribution in [0.25, 0.3) is 0 Å². The first-order chi connectivity index (χ1) is 10.1. The third-order valence-electron chi connectivity index (χ3n) is 5.51. The van der Waals surface area contributed by atoms with E-state index in [0.717, 1.165) is 64.7 Å². The average Bonchev–Trinajstić information content (AvgIpc) is 3.07. The highest BCUT2D eigenvalue weighted by Crippen LogP contribution is 2.28. The highest BCUT2D eigenvalue weighted by atomic mass is 32.2. The van der Waals surface area contributed by atoms with E-state index < -0.39 is 9.84 Å². The summed E-state index contributed by atoms with van der Waals surface area (Å²) in [5.41, 5.74) is 0. The molecule has 1 N–H and O–H groups in total. The van der Waals surface area contributed by atoms with Crippen molar-refractivity contribution in [1.82, 2.24) is 10.2 Å². The summed E-state index contributed by atoms with van der Waals surface area (Å²) in [6, 6.07) is 0. The second kappa shape index (κ2) is 6.24. The number of carbonyl (C=O) groups is 1. The van der Waals surface area contributed by atoms with Crippen molar-refractivity contribution >= 4 is 15.7 Å². The van der Waals surface area contributed by atoms with Gasteiger partial charge in [0.05, 0.1) is 5.25 Å². The monoisotopic (exact) mass is 314 g/mol. The number of sulfone groups is 1. The maximum atomic E-state index is 12.4. The van der Waals surface area contributed by atoms with E-state index in [4.69, 9.17) is 0 Å². The van der Waals surface area contributed by atoms with Crippen LogP contribution < -0.4 is 5.32 Å². The number of likely N-dealkylation sites (tertiary alicyclic amines) is 1. The van der Waals surface area contributed by atoms with Gasteiger partial charge in [0.15, 0.2) is 9.84 Å². The van der Waals surface area contributed by atoms with Crippen LogP contribution in [0.1, 0.15) is 38.5 Å². The molecule has 2 atom stereocenters. The Morgan fingerprint density at radius 2 is 1.57 bits per heavy atom. The second-order valence-corrected chi connectivity index (χ2v) is 9.13. The van der Waals surface area contributed by atoms with Gasteiger partial charge < -0.3 is 10.2 Å². The summed E-state index contributed by atoms with van der Waals surface area (Å²) in [5, 5.41) is 3.15. The van der Waals surface area contributed by atoms with E-state index in [-0.39, 0.29) is 16.9 Å². The van der Waals surface area contributed by atoms with Gasteiger partial charge in [-0.1, -0.05) is 12.8 Å². The first-order valence-corrected chi connectivity index (χ1v) is 9.98. The van der Waals surface area contributed by atoms with Crippen LogP contribution >= 0.6 is 0 Å². The Balaban J connectivity index is 1.57. The van der Waals surface area contributed by atoms with Gasteiger partial charge in [-0.25, -0.2) is 8.42 Å². The molecular weight excluding hydrogens is 288 g/mol. The van der Waals surface area contributed by atoms with Crippen molar-refractivity contribution in [2.24, 2.45) is 11.8 Å². The lowest BCUT2D eigenvalue weighted by Crippen LogP contribution is -2.39. The van der Waals surface area contributed by atoms with Gasteiger partial charge >= 0.3 is 0 Å². The van der Waals surface area contributed by atoms with Gasteiger partial charge in [-0.15, -0.1) is 0 Å². The first kappa shape index (κ1) is 15.3. The topological polar surface area (TPSA) is 66.5 Å². The van der Waals surface area contributed by atoms with Crippen molar-refractivity contribution in [3.63, 3.8) is 0 Å². The third kappa shape index (κ3) is 3.42. The normalized spacial score (nSPS) is 31.1. The fraction of sp³-hybridized carbons (Fsp3) is 0.933. The lowest BCUT2D eigenvalue weighted by Gasteiger charge is -2.22. The predicted octanol–water partition coefficient (Wildman–Crippen LogP) is 0.802. The Hall–Kier alpha value is -0.620. The van der Waals surface area contributed by atoms with E-state index in [0.29, 0.717) is 11.8 Å². The molecule has 21 heavy (non-hydrogen) atoms. The van der Waals surface area contributed by atoms with Crippen molar-refractivity contribution in [3.8, 4) is 0 Å². The molecule has 0 aromatic rings. The van der Waals surface area contributed by atoms with Crippen molar-refractivity contribution in [2.45, 2.75) is 43.8 Å². The average molecular weight is 314 g/mol. The molecule has 0 unspecified atom stereocenters. The number of rotatable bonds is 3. The van der Waals surface area contributed by atoms with Crippen LogP contribution in [-0.4, -0.2) is 56.4 Å². The fourth-order valence-corrected chi connectivity index (χ4v) is 5.91. The molecule has 5 nitrogen and oxygen atoms in total. The third-order valence-corrected chi connectivity index (χ3v) is 7.64. The molecule has 6 heteroatoms. The van der Waals surface area contributed by atoms with E-state index in [1.807, 2.05) is 0 Å². The van der Waals surface area contributed by atoms with Crippen LogP contribution in [0, 0.1) is 11.8 Å². The summed E-state index contributed by atoms with van der Waals surface area (Å²) in [6.45, 7) is 3.55. The number of hydrogen-bond acceptors (Lipinski definition) is 4. The van der Waals surface area contributed by atoms with Crippen LogP contribution in [0.3, 0.4) is 0 Å². The standard InChI is InChI=1S/C15H26N2O3S/c18-15(11-21(19,20)14-3-1-2-4-14)17-7-5-12-9-16-10-13(12)6-8-17/h12-14,16H,1-11H2/t12-,13+. The van der Waals surface area contributed by atoms with Crippen LogP contribution in [0.15, 0.2) is 0 Å². The summed E-state index contributed by atoms with van der Waals surface area (Å²) < 4.78 is 24.6. The zero-order chi connectivity index (χ0) is 14.9. The molecule has 0 radical (unpaired) electrons. The summed E-state index contributed by atoms with van der Waals surface area (Å²) in [5.74, 6) is 0.879. The quantitative estimate of drug-likeness (QED) is 0.837. The molecule has 2 heterocycles. The number of nitrogens with one attached hydrogen (secondary N) is 1. The van der Waals surface area contributed by atoms with Gasteiger partial charge in [-0.3, -0.25) is 4.79 Å². The van der Waals surface area contributed by atoms with Crippen molar-refractivity contribution in [3.05, 3.63) is 0 Å². The molecular formula is C15H26N2O3S. The molecule has 3 fully saturated rings. The zero-order valence-electron chi connectivity index (χ0n) is 12.6. The minimum atomic E-state index is -3.24. The molecule has 1 aliphatic carbocycles. The Labute approximate surface area is 127 Å². The lowest BCUT2D eigenvalue weighted by molar-refractivity contribution is -0.128. The molecule has 2 saturated heterocycles. The number of hydrogen-bond donors (Lipinski definition) is 1. The van der Waals surface area contributed by atoms with Crippen LogP contribution in [0.4, 0.5) is 0 Å². The van der Waals surface area contributed by atoms with Gasteiger partial charge in [0.25, 0.3) is 0 Å². The predicted molar refractivity (Wildman–Crippen MR) is 81.7 cm³/mol. The maximum absolute atomic E-state index is 12.4. The molecule has 1 amide bonds. The van der Waals surface area contributed by atoms with Gasteiger partial charge in [0.1, 0.15) is 5.75 Å². The van der Waals surface area contributed by atoms with E-state index in [1.165, 1.54) is 0 Å². The van der Waals surface area contributed by atoms with Gasteiger partial charge in [0, 0.05) is 13.1 Å². The number of nitrogens with zero attached hydrogens (tertiary/aromatic N) is 1. The maximum Gasteiger partial charge on any atom is 0.237 e. The zero-order valence-corrected chi connectivity index (χ0v) is 13.4. The molecule has 3 aliphatic rings. The van der Waals surface area contributed by atoms with Crippen molar-refractivity contribution < 1.29 is 13.2 Å². The highest BCUT2D eigenvalue weighted by molar-refractivity contribution is 7.92. The summed E-state index contributed by atoms with van der Waals surface area (Å²) in [6.07, 6.45) is 5.47. The molecule has 0 aromatic heterocycles. The van der Waals surface area contributed by atoms with Gasteiger partial charge in [-0.05, 0) is 50.6 Å². The van der Waals surface area contributed by atoms with E-state index >= 15 is 0 Å². The summed E-state index contributed by atoms with van der Waals surface area (Å²) in [4.78, 5) is 14.2.